The van der Waals surface area contributed by atoms with Gasteiger partial charge in [0.2, 0.25) is 0 Å². The van der Waals surface area contributed by atoms with E-state index in [0.717, 1.165) is 17.2 Å². The lowest BCUT2D eigenvalue weighted by Gasteiger charge is -2.02. The van der Waals surface area contributed by atoms with Gasteiger partial charge in [0.1, 0.15) is 0 Å². The molecule has 84 valence electrons. The number of nitrogens with zero attached hydrogens (tertiary/aromatic N) is 3. The van der Waals surface area contributed by atoms with Gasteiger partial charge in [-0.3, -0.25) is 4.68 Å². The van der Waals surface area contributed by atoms with Crippen molar-refractivity contribution in [3.63, 3.8) is 0 Å². The molecule has 3 nitrogen and oxygen atoms in total. The highest BCUT2D eigenvalue weighted by atomic mass is 32.1. The van der Waals surface area contributed by atoms with E-state index in [-0.39, 0.29) is 0 Å². The van der Waals surface area contributed by atoms with Crippen molar-refractivity contribution in [2.75, 3.05) is 0 Å². The Morgan fingerprint density at radius 1 is 1.38 bits per heavy atom. The molecule has 0 radical (unpaired) electrons. The minimum atomic E-state index is 0.718. The fourth-order valence-corrected chi connectivity index (χ4v) is 3.33. The Morgan fingerprint density at radius 3 is 2.88 bits per heavy atom. The number of rotatable bonds is 2. The Hall–Kier alpha value is -1.16. The van der Waals surface area contributed by atoms with Gasteiger partial charge in [0.25, 0.3) is 0 Å². The van der Waals surface area contributed by atoms with E-state index in [9.17, 15) is 0 Å². The molecule has 2 aromatic heterocycles. The first-order chi connectivity index (χ1) is 7.83. The van der Waals surface area contributed by atoms with Crippen LogP contribution in [0.3, 0.4) is 0 Å². The summed E-state index contributed by atoms with van der Waals surface area (Å²) in [7, 11) is 1.94. The SMILES string of the molecule is Cn1cc(-c2csc(C3CCCC3)n2)cn1. The molecule has 16 heavy (non-hydrogen) atoms. The fourth-order valence-electron chi connectivity index (χ4n) is 2.33. The van der Waals surface area contributed by atoms with Crippen LogP contribution in [0.2, 0.25) is 0 Å². The van der Waals surface area contributed by atoms with Gasteiger partial charge >= 0.3 is 0 Å². The molecule has 2 heterocycles. The molecule has 1 aliphatic rings. The second-order valence-electron chi connectivity index (χ2n) is 4.46. The van der Waals surface area contributed by atoms with Gasteiger partial charge in [-0.1, -0.05) is 12.8 Å². The zero-order chi connectivity index (χ0) is 11.0. The van der Waals surface area contributed by atoms with Crippen LogP contribution >= 0.6 is 11.3 Å². The van der Waals surface area contributed by atoms with Crippen LogP contribution in [0, 0.1) is 0 Å². The van der Waals surface area contributed by atoms with Crippen molar-refractivity contribution >= 4 is 11.3 Å². The normalized spacial score (nSPS) is 17.1. The van der Waals surface area contributed by atoms with E-state index in [1.54, 1.807) is 11.3 Å². The summed E-state index contributed by atoms with van der Waals surface area (Å²) in [6, 6.07) is 0. The third-order valence-corrected chi connectivity index (χ3v) is 4.23. The Bertz CT molecular complexity index is 480. The first-order valence-electron chi connectivity index (χ1n) is 5.77. The largest absolute Gasteiger partial charge is 0.275 e. The van der Waals surface area contributed by atoms with E-state index in [1.165, 1.54) is 30.7 Å². The Morgan fingerprint density at radius 2 is 2.19 bits per heavy atom. The molecule has 0 N–H and O–H groups in total. The summed E-state index contributed by atoms with van der Waals surface area (Å²) in [5, 5.41) is 7.65. The molecular formula is C12H15N3S. The molecule has 0 amide bonds. The molecule has 0 spiro atoms. The maximum atomic E-state index is 4.74. The van der Waals surface area contributed by atoms with Gasteiger partial charge < -0.3 is 0 Å². The number of hydrogen-bond acceptors (Lipinski definition) is 3. The molecule has 1 saturated carbocycles. The summed E-state index contributed by atoms with van der Waals surface area (Å²) < 4.78 is 1.82. The third kappa shape index (κ3) is 1.78. The zero-order valence-electron chi connectivity index (χ0n) is 9.39. The van der Waals surface area contributed by atoms with Gasteiger partial charge in [0, 0.05) is 30.1 Å². The van der Waals surface area contributed by atoms with Gasteiger partial charge in [0.15, 0.2) is 0 Å². The quantitative estimate of drug-likeness (QED) is 0.797. The van der Waals surface area contributed by atoms with Gasteiger partial charge in [-0.2, -0.15) is 5.10 Å². The molecule has 1 fully saturated rings. The van der Waals surface area contributed by atoms with Crippen molar-refractivity contribution in [1.82, 2.24) is 14.8 Å². The van der Waals surface area contributed by atoms with Crippen molar-refractivity contribution in [3.8, 4) is 11.3 Å². The molecule has 0 saturated heterocycles. The van der Waals surface area contributed by atoms with Crippen molar-refractivity contribution in [3.05, 3.63) is 22.8 Å². The molecular weight excluding hydrogens is 218 g/mol. The van der Waals surface area contributed by atoms with Crippen LogP contribution in [-0.4, -0.2) is 14.8 Å². The second kappa shape index (κ2) is 4.01. The average Bonchev–Trinajstić information content (AvgIpc) is 2.97. The van der Waals surface area contributed by atoms with Crippen LogP contribution in [0.5, 0.6) is 0 Å². The molecule has 0 aliphatic heterocycles. The van der Waals surface area contributed by atoms with Crippen LogP contribution in [0.15, 0.2) is 17.8 Å². The van der Waals surface area contributed by atoms with Gasteiger partial charge in [-0.25, -0.2) is 4.98 Å². The fraction of sp³-hybridized carbons (Fsp3) is 0.500. The lowest BCUT2D eigenvalue weighted by Crippen LogP contribution is -1.90. The van der Waals surface area contributed by atoms with E-state index in [2.05, 4.69) is 10.5 Å². The summed E-state index contributed by atoms with van der Waals surface area (Å²) >= 11 is 1.80. The highest BCUT2D eigenvalue weighted by molar-refractivity contribution is 7.10. The van der Waals surface area contributed by atoms with Crippen molar-refractivity contribution in [2.45, 2.75) is 31.6 Å². The van der Waals surface area contributed by atoms with Crippen molar-refractivity contribution < 1.29 is 0 Å². The lowest BCUT2D eigenvalue weighted by atomic mass is 10.1. The summed E-state index contributed by atoms with van der Waals surface area (Å²) in [5.41, 5.74) is 2.21. The van der Waals surface area contributed by atoms with Crippen molar-refractivity contribution in [1.29, 1.82) is 0 Å². The van der Waals surface area contributed by atoms with Crippen LogP contribution < -0.4 is 0 Å². The molecule has 0 unspecified atom stereocenters. The highest BCUT2D eigenvalue weighted by Gasteiger charge is 2.20. The Kier molecular flexibility index (Phi) is 2.52. The second-order valence-corrected chi connectivity index (χ2v) is 5.34. The minimum Gasteiger partial charge on any atom is -0.275 e. The molecule has 0 atom stereocenters. The van der Waals surface area contributed by atoms with E-state index in [1.807, 2.05) is 24.1 Å². The average molecular weight is 233 g/mol. The predicted octanol–water partition coefficient (Wildman–Crippen LogP) is 3.20. The van der Waals surface area contributed by atoms with Crippen LogP contribution in [0.25, 0.3) is 11.3 Å². The highest BCUT2D eigenvalue weighted by Crippen LogP contribution is 2.36. The molecule has 0 bridgehead atoms. The van der Waals surface area contributed by atoms with E-state index < -0.39 is 0 Å². The Labute approximate surface area is 99.1 Å². The first-order valence-corrected chi connectivity index (χ1v) is 6.65. The molecule has 0 aromatic carbocycles. The van der Waals surface area contributed by atoms with Crippen molar-refractivity contribution in [2.24, 2.45) is 7.05 Å². The van der Waals surface area contributed by atoms with E-state index >= 15 is 0 Å². The number of hydrogen-bond donors (Lipinski definition) is 0. The first kappa shape index (κ1) is 10.0. The minimum absolute atomic E-state index is 0.718. The summed E-state index contributed by atoms with van der Waals surface area (Å²) in [4.78, 5) is 4.74. The standard InChI is InChI=1S/C12H15N3S/c1-15-7-10(6-13-15)11-8-16-12(14-11)9-4-2-3-5-9/h6-9H,2-5H2,1H3. The molecule has 1 aliphatic carbocycles. The topological polar surface area (TPSA) is 30.7 Å². The maximum Gasteiger partial charge on any atom is 0.0963 e. The monoisotopic (exact) mass is 233 g/mol. The van der Waals surface area contributed by atoms with Gasteiger partial charge in [0.05, 0.1) is 16.9 Å². The van der Waals surface area contributed by atoms with Crippen LogP contribution in [0.4, 0.5) is 0 Å². The molecule has 3 rings (SSSR count). The smallest absolute Gasteiger partial charge is 0.0963 e. The number of aromatic nitrogens is 3. The maximum absolute atomic E-state index is 4.74. The molecule has 2 aromatic rings. The Balaban J connectivity index is 1.87. The molecule has 4 heteroatoms. The van der Waals surface area contributed by atoms with Crippen LogP contribution in [0.1, 0.15) is 36.6 Å². The predicted molar refractivity (Wildman–Crippen MR) is 65.5 cm³/mol. The summed E-state index contributed by atoms with van der Waals surface area (Å²) in [6.45, 7) is 0. The van der Waals surface area contributed by atoms with E-state index in [4.69, 9.17) is 4.98 Å². The number of thiazole rings is 1. The van der Waals surface area contributed by atoms with Crippen LogP contribution in [-0.2, 0) is 7.05 Å². The zero-order valence-corrected chi connectivity index (χ0v) is 10.2. The summed E-state index contributed by atoms with van der Waals surface area (Å²) in [5.74, 6) is 0.718. The third-order valence-electron chi connectivity index (χ3n) is 3.23. The summed E-state index contributed by atoms with van der Waals surface area (Å²) in [6.07, 6.45) is 9.28. The van der Waals surface area contributed by atoms with E-state index in [0.29, 0.717) is 0 Å². The van der Waals surface area contributed by atoms with Gasteiger partial charge in [-0.05, 0) is 12.8 Å². The lowest BCUT2D eigenvalue weighted by molar-refractivity contribution is 0.717. The number of aryl methyl sites for hydroxylation is 1. The van der Waals surface area contributed by atoms with Gasteiger partial charge in [-0.15, -0.1) is 11.3 Å².